The predicted octanol–water partition coefficient (Wildman–Crippen LogP) is 1.61. The van der Waals surface area contributed by atoms with Gasteiger partial charge in [0, 0.05) is 31.4 Å². The van der Waals surface area contributed by atoms with Crippen molar-refractivity contribution in [2.45, 2.75) is 38.5 Å². The van der Waals surface area contributed by atoms with Crippen molar-refractivity contribution in [3.8, 4) is 0 Å². The number of rotatable bonds is 5. The van der Waals surface area contributed by atoms with Crippen LogP contribution >= 0.6 is 11.9 Å². The monoisotopic (exact) mass is 260 g/mol. The molecule has 5 heteroatoms. The lowest BCUT2D eigenvalue weighted by Crippen LogP contribution is -2.51. The van der Waals surface area contributed by atoms with Crippen molar-refractivity contribution in [2.24, 2.45) is 0 Å². The lowest BCUT2D eigenvalue weighted by atomic mass is 10.1. The zero-order valence-corrected chi connectivity index (χ0v) is 12.1. The van der Waals surface area contributed by atoms with Gasteiger partial charge in [-0.25, -0.2) is 4.31 Å². The summed E-state index contributed by atoms with van der Waals surface area (Å²) in [6.07, 6.45) is 0.823. The maximum absolute atomic E-state index is 11.6. The molecular formula is C12H24N2O2S. The third-order valence-corrected chi connectivity index (χ3v) is 4.02. The lowest BCUT2D eigenvalue weighted by Gasteiger charge is -2.37. The van der Waals surface area contributed by atoms with Crippen molar-refractivity contribution in [3.05, 3.63) is 0 Å². The molecule has 0 aromatic carbocycles. The van der Waals surface area contributed by atoms with E-state index in [0.29, 0.717) is 5.25 Å². The summed E-state index contributed by atoms with van der Waals surface area (Å²) in [5, 5.41) is 0.629. The highest BCUT2D eigenvalue weighted by Gasteiger charge is 2.28. The second kappa shape index (κ2) is 7.24. The second-order valence-corrected chi connectivity index (χ2v) is 6.24. The second-order valence-electron chi connectivity index (χ2n) is 4.57. The summed E-state index contributed by atoms with van der Waals surface area (Å²) < 4.78 is 7.24. The molecule has 1 unspecified atom stereocenters. The molecule has 1 aliphatic rings. The molecule has 0 radical (unpaired) electrons. The Morgan fingerprint density at radius 2 is 1.88 bits per heavy atom. The van der Waals surface area contributed by atoms with Crippen LogP contribution in [0.1, 0.15) is 27.2 Å². The molecule has 0 aliphatic carbocycles. The number of carbonyl (C=O) groups is 1. The highest BCUT2D eigenvalue weighted by molar-refractivity contribution is 7.97. The minimum absolute atomic E-state index is 0.0637. The van der Waals surface area contributed by atoms with Crippen LogP contribution in [-0.2, 0) is 9.53 Å². The molecule has 1 rings (SSSR count). The Labute approximate surface area is 109 Å². The van der Waals surface area contributed by atoms with E-state index in [9.17, 15) is 4.79 Å². The van der Waals surface area contributed by atoms with Crippen LogP contribution in [0.2, 0.25) is 0 Å². The van der Waals surface area contributed by atoms with Gasteiger partial charge in [-0.2, -0.15) is 0 Å². The molecule has 1 fully saturated rings. The summed E-state index contributed by atoms with van der Waals surface area (Å²) in [5.41, 5.74) is 0. The fourth-order valence-corrected chi connectivity index (χ4v) is 3.10. The number of hydrogen-bond acceptors (Lipinski definition) is 5. The van der Waals surface area contributed by atoms with Crippen LogP contribution in [0.4, 0.5) is 0 Å². The highest BCUT2D eigenvalue weighted by Crippen LogP contribution is 2.20. The molecule has 1 heterocycles. The fourth-order valence-electron chi connectivity index (χ4n) is 2.13. The molecule has 4 nitrogen and oxygen atoms in total. The Morgan fingerprint density at radius 3 is 2.29 bits per heavy atom. The van der Waals surface area contributed by atoms with Gasteiger partial charge in [0.1, 0.15) is 6.04 Å². The summed E-state index contributed by atoms with van der Waals surface area (Å²) in [6.45, 7) is 10.4. The smallest absolute Gasteiger partial charge is 0.323 e. The predicted molar refractivity (Wildman–Crippen MR) is 72.0 cm³/mol. The van der Waals surface area contributed by atoms with Crippen LogP contribution in [0, 0.1) is 0 Å². The first kappa shape index (κ1) is 14.8. The van der Waals surface area contributed by atoms with Gasteiger partial charge in [-0.15, -0.1) is 0 Å². The van der Waals surface area contributed by atoms with Gasteiger partial charge in [0.05, 0.1) is 7.11 Å². The average Bonchev–Trinajstić information content (AvgIpc) is 2.31. The summed E-state index contributed by atoms with van der Waals surface area (Å²) in [7, 11) is 1.47. The number of methoxy groups -OCH3 is 1. The van der Waals surface area contributed by atoms with Gasteiger partial charge in [0.25, 0.3) is 0 Å². The van der Waals surface area contributed by atoms with E-state index in [2.05, 4.69) is 23.1 Å². The summed E-state index contributed by atoms with van der Waals surface area (Å²) >= 11 is 1.90. The number of nitrogens with zero attached hydrogens (tertiary/aromatic N) is 2. The molecule has 1 aliphatic heterocycles. The SMILES string of the molecule is CCC(C(=O)OC)N1CCN(SC(C)C)CC1. The number of carbonyl (C=O) groups excluding carboxylic acids is 1. The van der Waals surface area contributed by atoms with Crippen molar-refractivity contribution in [3.63, 3.8) is 0 Å². The Kier molecular flexibility index (Phi) is 6.30. The molecule has 0 spiro atoms. The summed E-state index contributed by atoms with van der Waals surface area (Å²) in [4.78, 5) is 13.9. The van der Waals surface area contributed by atoms with Crippen LogP contribution < -0.4 is 0 Å². The normalized spacial score (nSPS) is 20.5. The molecule has 0 amide bonds. The Hall–Kier alpha value is -0.260. The summed E-state index contributed by atoms with van der Waals surface area (Å²) in [6, 6.07) is -0.0637. The highest BCUT2D eigenvalue weighted by atomic mass is 32.2. The minimum Gasteiger partial charge on any atom is -0.468 e. The van der Waals surface area contributed by atoms with E-state index in [1.165, 1.54) is 7.11 Å². The van der Waals surface area contributed by atoms with E-state index in [4.69, 9.17) is 4.74 Å². The first-order chi connectivity index (χ1) is 8.08. The van der Waals surface area contributed by atoms with Crippen LogP contribution in [0.3, 0.4) is 0 Å². The summed E-state index contributed by atoms with van der Waals surface area (Å²) in [5.74, 6) is -0.0996. The van der Waals surface area contributed by atoms with Gasteiger partial charge < -0.3 is 4.74 Å². The Bertz CT molecular complexity index is 241. The van der Waals surface area contributed by atoms with Gasteiger partial charge in [-0.1, -0.05) is 32.7 Å². The third-order valence-electron chi connectivity index (χ3n) is 2.93. The zero-order chi connectivity index (χ0) is 12.8. The zero-order valence-electron chi connectivity index (χ0n) is 11.3. The van der Waals surface area contributed by atoms with E-state index >= 15 is 0 Å². The standard InChI is InChI=1S/C12H24N2O2S/c1-5-11(12(15)16-4)13-6-8-14(9-7-13)17-10(2)3/h10-11H,5-9H2,1-4H3. The van der Waals surface area contributed by atoms with Gasteiger partial charge in [-0.05, 0) is 6.42 Å². The fraction of sp³-hybridized carbons (Fsp3) is 0.917. The molecule has 1 atom stereocenters. The minimum atomic E-state index is -0.0996. The first-order valence-corrected chi connectivity index (χ1v) is 7.15. The van der Waals surface area contributed by atoms with Gasteiger partial charge in [-0.3, -0.25) is 9.69 Å². The Morgan fingerprint density at radius 1 is 1.29 bits per heavy atom. The van der Waals surface area contributed by atoms with Crippen molar-refractivity contribution in [1.82, 2.24) is 9.21 Å². The van der Waals surface area contributed by atoms with Crippen LogP contribution in [0.5, 0.6) is 0 Å². The third kappa shape index (κ3) is 4.48. The van der Waals surface area contributed by atoms with Crippen molar-refractivity contribution in [1.29, 1.82) is 0 Å². The number of piperazine rings is 1. The molecular weight excluding hydrogens is 236 g/mol. The number of ether oxygens (including phenoxy) is 1. The largest absolute Gasteiger partial charge is 0.468 e. The molecule has 0 bridgehead atoms. The van der Waals surface area contributed by atoms with Gasteiger partial charge in [0.2, 0.25) is 0 Å². The molecule has 100 valence electrons. The molecule has 0 N–H and O–H groups in total. The van der Waals surface area contributed by atoms with E-state index in [1.54, 1.807) is 0 Å². The quantitative estimate of drug-likeness (QED) is 0.554. The molecule has 1 saturated heterocycles. The molecule has 0 saturated carbocycles. The van der Waals surface area contributed by atoms with Crippen molar-refractivity contribution >= 4 is 17.9 Å². The Balaban J connectivity index is 2.42. The van der Waals surface area contributed by atoms with E-state index in [-0.39, 0.29) is 12.0 Å². The molecule has 0 aromatic heterocycles. The van der Waals surface area contributed by atoms with Crippen molar-refractivity contribution in [2.75, 3.05) is 33.3 Å². The maximum atomic E-state index is 11.6. The first-order valence-electron chi connectivity index (χ1n) is 6.32. The van der Waals surface area contributed by atoms with E-state index in [0.717, 1.165) is 32.6 Å². The van der Waals surface area contributed by atoms with E-state index in [1.807, 2.05) is 18.9 Å². The number of esters is 1. The van der Waals surface area contributed by atoms with E-state index < -0.39 is 0 Å². The average molecular weight is 260 g/mol. The van der Waals surface area contributed by atoms with Crippen molar-refractivity contribution < 1.29 is 9.53 Å². The van der Waals surface area contributed by atoms with Gasteiger partial charge in [0.15, 0.2) is 0 Å². The lowest BCUT2D eigenvalue weighted by molar-refractivity contribution is -0.147. The van der Waals surface area contributed by atoms with Gasteiger partial charge >= 0.3 is 5.97 Å². The van der Waals surface area contributed by atoms with Crippen LogP contribution in [-0.4, -0.2) is 59.8 Å². The number of hydrogen-bond donors (Lipinski definition) is 0. The van der Waals surface area contributed by atoms with Crippen LogP contribution in [0.25, 0.3) is 0 Å². The topological polar surface area (TPSA) is 32.8 Å². The molecule has 17 heavy (non-hydrogen) atoms. The maximum Gasteiger partial charge on any atom is 0.323 e. The van der Waals surface area contributed by atoms with Crippen LogP contribution in [0.15, 0.2) is 0 Å². The molecule has 0 aromatic rings.